The summed E-state index contributed by atoms with van der Waals surface area (Å²) in [4.78, 5) is 11.9. The second-order valence-electron chi connectivity index (χ2n) is 5.64. The van der Waals surface area contributed by atoms with Crippen molar-refractivity contribution < 1.29 is 13.9 Å². The smallest absolute Gasteiger partial charge is 0.286 e. The topological polar surface area (TPSA) is 51.5 Å². The lowest BCUT2D eigenvalue weighted by Gasteiger charge is -2.08. The van der Waals surface area contributed by atoms with Gasteiger partial charge in [0, 0.05) is 11.9 Å². The van der Waals surface area contributed by atoms with Crippen molar-refractivity contribution in [3.63, 3.8) is 0 Å². The van der Waals surface area contributed by atoms with Crippen LogP contribution in [0.2, 0.25) is 0 Å². The van der Waals surface area contributed by atoms with E-state index < -0.39 is 0 Å². The number of benzene rings is 2. The molecule has 24 heavy (non-hydrogen) atoms. The minimum absolute atomic E-state index is 0.181. The van der Waals surface area contributed by atoms with Gasteiger partial charge < -0.3 is 14.5 Å². The number of hydrogen-bond donors (Lipinski definition) is 1. The molecule has 0 fully saturated rings. The first kappa shape index (κ1) is 16.1. The summed E-state index contributed by atoms with van der Waals surface area (Å²) < 4.78 is 11.4. The summed E-state index contributed by atoms with van der Waals surface area (Å²) >= 11 is 0. The van der Waals surface area contributed by atoms with Crippen LogP contribution < -0.4 is 10.1 Å². The predicted octanol–water partition coefficient (Wildman–Crippen LogP) is 4.54. The molecule has 0 atom stereocenters. The van der Waals surface area contributed by atoms with Gasteiger partial charge in [0.2, 0.25) is 0 Å². The number of fused-ring (bicyclic) bond motifs is 1. The Kier molecular flexibility index (Phi) is 5.16. The fraction of sp³-hybridized carbons (Fsp3) is 0.250. The van der Waals surface area contributed by atoms with E-state index in [2.05, 4.69) is 12.2 Å². The van der Waals surface area contributed by atoms with E-state index in [1.165, 1.54) is 0 Å². The van der Waals surface area contributed by atoms with Gasteiger partial charge in [0.1, 0.15) is 18.1 Å². The molecule has 0 saturated heterocycles. The van der Waals surface area contributed by atoms with Crippen LogP contribution in [0.1, 0.15) is 36.1 Å². The Morgan fingerprint density at radius 2 is 1.92 bits per heavy atom. The molecule has 3 aromatic rings. The summed E-state index contributed by atoms with van der Waals surface area (Å²) in [6, 6.07) is 17.5. The van der Waals surface area contributed by atoms with E-state index >= 15 is 0 Å². The van der Waals surface area contributed by atoms with Gasteiger partial charge in [0.05, 0.1) is 0 Å². The van der Waals surface area contributed by atoms with Gasteiger partial charge in [0.25, 0.3) is 5.91 Å². The summed E-state index contributed by atoms with van der Waals surface area (Å²) in [5.41, 5.74) is 0. The van der Waals surface area contributed by atoms with Crippen molar-refractivity contribution in [2.24, 2.45) is 0 Å². The molecule has 0 unspecified atom stereocenters. The van der Waals surface area contributed by atoms with Crippen LogP contribution in [0.25, 0.3) is 10.8 Å². The number of carbonyl (C=O) groups is 1. The SMILES string of the molecule is CCCCNC(=O)c1ccc(COc2cccc3ccccc23)o1. The number of amides is 1. The molecule has 1 heterocycles. The Morgan fingerprint density at radius 1 is 1.08 bits per heavy atom. The van der Waals surface area contributed by atoms with Crippen molar-refractivity contribution in [2.75, 3.05) is 6.54 Å². The first-order valence-corrected chi connectivity index (χ1v) is 8.25. The predicted molar refractivity (Wildman–Crippen MR) is 94.2 cm³/mol. The fourth-order valence-corrected chi connectivity index (χ4v) is 2.51. The molecule has 0 saturated carbocycles. The summed E-state index contributed by atoms with van der Waals surface area (Å²) in [7, 11) is 0. The van der Waals surface area contributed by atoms with Crippen molar-refractivity contribution in [2.45, 2.75) is 26.4 Å². The van der Waals surface area contributed by atoms with Crippen LogP contribution in [0.3, 0.4) is 0 Å². The molecular weight excluding hydrogens is 302 g/mol. The van der Waals surface area contributed by atoms with E-state index in [-0.39, 0.29) is 12.5 Å². The number of hydrogen-bond acceptors (Lipinski definition) is 3. The third-order valence-corrected chi connectivity index (χ3v) is 3.82. The highest BCUT2D eigenvalue weighted by Crippen LogP contribution is 2.26. The maximum atomic E-state index is 11.9. The van der Waals surface area contributed by atoms with E-state index in [0.717, 1.165) is 29.4 Å². The highest BCUT2D eigenvalue weighted by atomic mass is 16.5. The molecule has 0 aliphatic rings. The van der Waals surface area contributed by atoms with Gasteiger partial charge in [-0.3, -0.25) is 4.79 Å². The zero-order valence-electron chi connectivity index (χ0n) is 13.7. The maximum Gasteiger partial charge on any atom is 0.286 e. The zero-order valence-corrected chi connectivity index (χ0v) is 13.7. The molecule has 3 rings (SSSR count). The first-order valence-electron chi connectivity index (χ1n) is 8.25. The van der Waals surface area contributed by atoms with Crippen LogP contribution in [-0.2, 0) is 6.61 Å². The normalized spacial score (nSPS) is 10.7. The minimum Gasteiger partial charge on any atom is -0.485 e. The van der Waals surface area contributed by atoms with Gasteiger partial charge in [-0.2, -0.15) is 0 Å². The van der Waals surface area contributed by atoms with Gasteiger partial charge in [-0.25, -0.2) is 0 Å². The van der Waals surface area contributed by atoms with Gasteiger partial charge >= 0.3 is 0 Å². The minimum atomic E-state index is -0.181. The van der Waals surface area contributed by atoms with Crippen LogP contribution in [0, 0.1) is 0 Å². The Morgan fingerprint density at radius 3 is 2.79 bits per heavy atom. The second kappa shape index (κ2) is 7.68. The fourth-order valence-electron chi connectivity index (χ4n) is 2.51. The van der Waals surface area contributed by atoms with Gasteiger partial charge in [-0.05, 0) is 30.0 Å². The van der Waals surface area contributed by atoms with Gasteiger partial charge in [-0.15, -0.1) is 0 Å². The Hall–Kier alpha value is -2.75. The van der Waals surface area contributed by atoms with Crippen LogP contribution in [0.15, 0.2) is 59.0 Å². The van der Waals surface area contributed by atoms with Crippen LogP contribution in [0.5, 0.6) is 5.75 Å². The Labute approximate surface area is 141 Å². The molecule has 4 heteroatoms. The standard InChI is InChI=1S/C20H21NO3/c1-2-3-13-21-20(22)19-12-11-16(24-19)14-23-18-10-6-8-15-7-4-5-9-17(15)18/h4-12H,2-3,13-14H2,1H3,(H,21,22). The lowest BCUT2D eigenvalue weighted by Crippen LogP contribution is -2.23. The monoisotopic (exact) mass is 323 g/mol. The molecule has 124 valence electrons. The van der Waals surface area contributed by atoms with Crippen molar-refractivity contribution in [3.05, 3.63) is 66.1 Å². The molecular formula is C20H21NO3. The summed E-state index contributed by atoms with van der Waals surface area (Å²) in [6.45, 7) is 3.04. The number of unbranched alkanes of at least 4 members (excludes halogenated alkanes) is 1. The van der Waals surface area contributed by atoms with E-state index in [1.54, 1.807) is 12.1 Å². The number of carbonyl (C=O) groups excluding carboxylic acids is 1. The van der Waals surface area contributed by atoms with Crippen LogP contribution in [0.4, 0.5) is 0 Å². The highest BCUT2D eigenvalue weighted by Gasteiger charge is 2.11. The Bertz CT molecular complexity index is 817. The summed E-state index contributed by atoms with van der Waals surface area (Å²) in [5.74, 6) is 1.57. The molecule has 2 aromatic carbocycles. The molecule has 0 aliphatic carbocycles. The molecule has 1 aromatic heterocycles. The van der Waals surface area contributed by atoms with E-state index in [1.807, 2.05) is 42.5 Å². The number of furan rings is 1. The third-order valence-electron chi connectivity index (χ3n) is 3.82. The lowest BCUT2D eigenvalue weighted by atomic mass is 10.1. The number of ether oxygens (including phenoxy) is 1. The van der Waals surface area contributed by atoms with Crippen molar-refractivity contribution in [1.82, 2.24) is 5.32 Å². The maximum absolute atomic E-state index is 11.9. The Balaban J connectivity index is 1.64. The van der Waals surface area contributed by atoms with Gasteiger partial charge in [0.15, 0.2) is 5.76 Å². The summed E-state index contributed by atoms with van der Waals surface area (Å²) in [6.07, 6.45) is 2.01. The number of rotatable bonds is 7. The second-order valence-corrected chi connectivity index (χ2v) is 5.64. The lowest BCUT2D eigenvalue weighted by molar-refractivity contribution is 0.0921. The largest absolute Gasteiger partial charge is 0.485 e. The molecule has 0 radical (unpaired) electrons. The van der Waals surface area contributed by atoms with Crippen molar-refractivity contribution >= 4 is 16.7 Å². The van der Waals surface area contributed by atoms with Crippen LogP contribution in [-0.4, -0.2) is 12.5 Å². The average molecular weight is 323 g/mol. The van der Waals surface area contributed by atoms with E-state index in [0.29, 0.717) is 18.1 Å². The van der Waals surface area contributed by atoms with Crippen molar-refractivity contribution in [3.8, 4) is 5.75 Å². The molecule has 0 spiro atoms. The molecule has 4 nitrogen and oxygen atoms in total. The first-order chi connectivity index (χ1) is 11.8. The zero-order chi connectivity index (χ0) is 16.8. The van der Waals surface area contributed by atoms with E-state index in [4.69, 9.17) is 9.15 Å². The highest BCUT2D eigenvalue weighted by molar-refractivity contribution is 5.91. The van der Waals surface area contributed by atoms with Crippen molar-refractivity contribution in [1.29, 1.82) is 0 Å². The van der Waals surface area contributed by atoms with Crippen LogP contribution >= 0.6 is 0 Å². The molecule has 0 aliphatic heterocycles. The quantitative estimate of drug-likeness (QED) is 0.649. The number of nitrogens with one attached hydrogen (secondary N) is 1. The molecule has 1 amide bonds. The molecule has 0 bridgehead atoms. The molecule has 1 N–H and O–H groups in total. The van der Waals surface area contributed by atoms with E-state index in [9.17, 15) is 4.79 Å². The third kappa shape index (κ3) is 3.77. The summed E-state index contributed by atoms with van der Waals surface area (Å²) in [5, 5.41) is 5.03. The van der Waals surface area contributed by atoms with Gasteiger partial charge in [-0.1, -0.05) is 49.7 Å². The average Bonchev–Trinajstić information content (AvgIpc) is 3.09.